The summed E-state index contributed by atoms with van der Waals surface area (Å²) in [4.78, 5) is 22.9. The molecule has 1 fully saturated rings. The molecule has 0 bridgehead atoms. The molecule has 0 spiro atoms. The van der Waals surface area contributed by atoms with Gasteiger partial charge in [-0.3, -0.25) is 9.78 Å². The first-order valence-corrected chi connectivity index (χ1v) is 11.3. The van der Waals surface area contributed by atoms with Crippen molar-refractivity contribution >= 4 is 28.0 Å². The highest BCUT2D eigenvalue weighted by atomic mass is 32.2. The Morgan fingerprint density at radius 3 is 2.72 bits per heavy atom. The molecule has 0 saturated carbocycles. The Balaban J connectivity index is 1.32. The van der Waals surface area contributed by atoms with E-state index in [1.165, 1.54) is 0 Å². The minimum Gasteiger partial charge on any atom is -0.611 e. The number of carbonyl (C=O) groups excluding carboxylic acids is 1. The maximum Gasteiger partial charge on any atom is 0.267 e. The minimum absolute atomic E-state index is 0.156. The number of H-pyrrole nitrogens is 1. The third-order valence-electron chi connectivity index (χ3n) is 5.56. The van der Waals surface area contributed by atoms with E-state index in [0.717, 1.165) is 53.8 Å². The Labute approximate surface area is 173 Å². The zero-order valence-electron chi connectivity index (χ0n) is 16.6. The molecule has 1 saturated heterocycles. The van der Waals surface area contributed by atoms with Gasteiger partial charge in [0.2, 0.25) is 0 Å². The van der Waals surface area contributed by atoms with Gasteiger partial charge in [-0.05, 0) is 47.5 Å². The Hall–Kier alpha value is -2.35. The first-order valence-electron chi connectivity index (χ1n) is 10.1. The highest BCUT2D eigenvalue weighted by molar-refractivity contribution is 7.92. The molecule has 4 rings (SSSR count). The van der Waals surface area contributed by atoms with E-state index in [1.807, 2.05) is 30.3 Å². The molecule has 2 aromatic heterocycles. The first-order chi connectivity index (χ1) is 14.1. The van der Waals surface area contributed by atoms with Crippen LogP contribution in [0.2, 0.25) is 0 Å². The zero-order chi connectivity index (χ0) is 20.2. The number of benzene rings is 1. The van der Waals surface area contributed by atoms with E-state index in [9.17, 15) is 9.35 Å². The summed E-state index contributed by atoms with van der Waals surface area (Å²) in [5.74, 6) is -0.156. The predicted molar refractivity (Wildman–Crippen MR) is 115 cm³/mol. The summed E-state index contributed by atoms with van der Waals surface area (Å²) in [5.41, 5.74) is 2.39. The van der Waals surface area contributed by atoms with Gasteiger partial charge in [-0.2, -0.15) is 0 Å². The molecule has 152 valence electrons. The third-order valence-corrected chi connectivity index (χ3v) is 7.37. The lowest BCUT2D eigenvalue weighted by atomic mass is 10.1. The number of carbonyl (C=O) groups is 1. The molecule has 0 aliphatic carbocycles. The standard InChI is InChI=1S/C22H26N4O2S/c1-2-26-11-8-19(9-12-26)29(28)18-5-3-16(4-6-18)14-24-22(27)21-13-17-15-23-10-7-20(17)25-21/h3-7,10,13,15,19,25H,2,8-9,11-12,14H2,1H3,(H,24,27). The normalized spacial score (nSPS) is 16.8. The second-order valence-corrected chi connectivity index (χ2v) is 9.14. The molecule has 1 aliphatic heterocycles. The van der Waals surface area contributed by atoms with Crippen molar-refractivity contribution in [3.63, 3.8) is 0 Å². The first kappa shape index (κ1) is 19.9. The van der Waals surface area contributed by atoms with Crippen molar-refractivity contribution in [3.05, 3.63) is 60.0 Å². The molecule has 3 heterocycles. The molecule has 1 atom stereocenters. The maximum atomic E-state index is 12.9. The summed E-state index contributed by atoms with van der Waals surface area (Å²) in [7, 11) is 0. The van der Waals surface area contributed by atoms with Crippen molar-refractivity contribution in [2.24, 2.45) is 0 Å². The van der Waals surface area contributed by atoms with Crippen molar-refractivity contribution in [3.8, 4) is 0 Å². The van der Waals surface area contributed by atoms with E-state index >= 15 is 0 Å². The Morgan fingerprint density at radius 2 is 2.03 bits per heavy atom. The molecule has 6 nitrogen and oxygen atoms in total. The molecule has 7 heteroatoms. The summed E-state index contributed by atoms with van der Waals surface area (Å²) in [6, 6.07) is 11.4. The Bertz CT molecular complexity index is 931. The molecular formula is C22H26N4O2S. The minimum atomic E-state index is -0.971. The fourth-order valence-electron chi connectivity index (χ4n) is 3.75. The van der Waals surface area contributed by atoms with Gasteiger partial charge in [0.25, 0.3) is 5.91 Å². The summed E-state index contributed by atoms with van der Waals surface area (Å²) in [5, 5.41) is 4.07. The second kappa shape index (κ2) is 8.98. The fraction of sp³-hybridized carbons (Fsp3) is 0.364. The van der Waals surface area contributed by atoms with Gasteiger partial charge in [0, 0.05) is 55.8 Å². The molecule has 29 heavy (non-hydrogen) atoms. The monoisotopic (exact) mass is 410 g/mol. The van der Waals surface area contributed by atoms with Crippen LogP contribution in [-0.2, 0) is 17.7 Å². The van der Waals surface area contributed by atoms with E-state index in [4.69, 9.17) is 0 Å². The van der Waals surface area contributed by atoms with Crippen LogP contribution in [-0.4, -0.2) is 50.2 Å². The largest absolute Gasteiger partial charge is 0.611 e. The lowest BCUT2D eigenvalue weighted by molar-refractivity contribution is 0.0946. The van der Waals surface area contributed by atoms with Gasteiger partial charge < -0.3 is 19.8 Å². The number of aromatic nitrogens is 2. The number of aromatic amines is 1. The molecule has 1 aromatic carbocycles. The van der Waals surface area contributed by atoms with E-state index in [2.05, 4.69) is 27.1 Å². The van der Waals surface area contributed by atoms with Gasteiger partial charge >= 0.3 is 0 Å². The summed E-state index contributed by atoms with van der Waals surface area (Å²) < 4.78 is 12.9. The SMILES string of the molecule is CCN1CCC([S+]([O-])c2ccc(CNC(=O)c3cc4cnccc4[nH]3)cc2)CC1. The van der Waals surface area contributed by atoms with Crippen LogP contribution in [0.25, 0.3) is 10.9 Å². The third kappa shape index (κ3) is 4.63. The number of rotatable bonds is 6. The van der Waals surface area contributed by atoms with Crippen LogP contribution in [0.15, 0.2) is 53.7 Å². The van der Waals surface area contributed by atoms with Crippen molar-refractivity contribution in [1.82, 2.24) is 20.2 Å². The number of hydrogen-bond acceptors (Lipinski definition) is 4. The van der Waals surface area contributed by atoms with Gasteiger partial charge in [-0.15, -0.1) is 0 Å². The summed E-state index contributed by atoms with van der Waals surface area (Å²) in [6.45, 7) is 5.72. The van der Waals surface area contributed by atoms with Gasteiger partial charge in [-0.1, -0.05) is 19.1 Å². The van der Waals surface area contributed by atoms with Crippen LogP contribution in [0.4, 0.5) is 0 Å². The van der Waals surface area contributed by atoms with Crippen molar-refractivity contribution in [1.29, 1.82) is 0 Å². The number of pyridine rings is 1. The molecule has 0 radical (unpaired) electrons. The fourth-order valence-corrected chi connectivity index (χ4v) is 5.17. The van der Waals surface area contributed by atoms with Crippen molar-refractivity contribution < 1.29 is 9.35 Å². The van der Waals surface area contributed by atoms with E-state index in [-0.39, 0.29) is 11.2 Å². The highest BCUT2D eigenvalue weighted by Crippen LogP contribution is 2.24. The quantitative estimate of drug-likeness (QED) is 0.612. The molecule has 1 aliphatic rings. The number of nitrogens with one attached hydrogen (secondary N) is 2. The van der Waals surface area contributed by atoms with Crippen LogP contribution in [0.5, 0.6) is 0 Å². The summed E-state index contributed by atoms with van der Waals surface area (Å²) in [6.07, 6.45) is 5.39. The van der Waals surface area contributed by atoms with Crippen molar-refractivity contribution in [2.45, 2.75) is 36.5 Å². The second-order valence-electron chi connectivity index (χ2n) is 7.40. The number of nitrogens with zero attached hydrogens (tertiary/aromatic N) is 2. The predicted octanol–water partition coefficient (Wildman–Crippen LogP) is 3.08. The zero-order valence-corrected chi connectivity index (χ0v) is 17.4. The lowest BCUT2D eigenvalue weighted by Gasteiger charge is -2.31. The van der Waals surface area contributed by atoms with Gasteiger partial charge in [-0.25, -0.2) is 0 Å². The average molecular weight is 411 g/mol. The van der Waals surface area contributed by atoms with Gasteiger partial charge in [0.1, 0.15) is 10.9 Å². The molecule has 1 amide bonds. The van der Waals surface area contributed by atoms with Crippen LogP contribution >= 0.6 is 0 Å². The molecule has 2 N–H and O–H groups in total. The van der Waals surface area contributed by atoms with Crippen LogP contribution in [0.1, 0.15) is 35.8 Å². The van der Waals surface area contributed by atoms with Gasteiger partial charge in [0.15, 0.2) is 4.90 Å². The number of amides is 1. The number of hydrogen-bond donors (Lipinski definition) is 2. The van der Waals surface area contributed by atoms with Crippen LogP contribution in [0.3, 0.4) is 0 Å². The van der Waals surface area contributed by atoms with Crippen LogP contribution in [0, 0.1) is 0 Å². The Morgan fingerprint density at radius 1 is 1.28 bits per heavy atom. The number of likely N-dealkylation sites (tertiary alicyclic amines) is 1. The lowest BCUT2D eigenvalue weighted by Crippen LogP contribution is -2.39. The van der Waals surface area contributed by atoms with E-state index < -0.39 is 11.2 Å². The maximum absolute atomic E-state index is 12.9. The van der Waals surface area contributed by atoms with Crippen molar-refractivity contribution in [2.75, 3.05) is 19.6 Å². The smallest absolute Gasteiger partial charge is 0.267 e. The van der Waals surface area contributed by atoms with E-state index in [1.54, 1.807) is 18.5 Å². The number of fused-ring (bicyclic) bond motifs is 1. The highest BCUT2D eigenvalue weighted by Gasteiger charge is 2.29. The molecular weight excluding hydrogens is 384 g/mol. The molecule has 3 aromatic rings. The molecule has 1 unspecified atom stereocenters. The average Bonchev–Trinajstić information content (AvgIpc) is 3.22. The number of piperidine rings is 1. The topological polar surface area (TPSA) is 84.1 Å². The van der Waals surface area contributed by atoms with Gasteiger partial charge in [0.05, 0.1) is 0 Å². The Kier molecular flexibility index (Phi) is 6.18. The summed E-state index contributed by atoms with van der Waals surface area (Å²) >= 11 is -0.971. The van der Waals surface area contributed by atoms with E-state index in [0.29, 0.717) is 12.2 Å². The van der Waals surface area contributed by atoms with Crippen LogP contribution < -0.4 is 5.32 Å².